The van der Waals surface area contributed by atoms with Gasteiger partial charge in [0.05, 0.1) is 22.5 Å². The highest BCUT2D eigenvalue weighted by Gasteiger charge is 2.20. The van der Waals surface area contributed by atoms with Gasteiger partial charge in [0.1, 0.15) is 4.88 Å². The van der Waals surface area contributed by atoms with Crippen molar-refractivity contribution < 1.29 is 9.21 Å². The molecule has 0 aliphatic rings. The molecule has 0 bridgehead atoms. The minimum Gasteiger partial charge on any atom is -0.410 e. The van der Waals surface area contributed by atoms with Gasteiger partial charge in [0.15, 0.2) is 0 Å². The quantitative estimate of drug-likeness (QED) is 0.386. The highest BCUT2D eigenvalue weighted by atomic mass is 32.2. The molecule has 0 aliphatic carbocycles. The summed E-state index contributed by atoms with van der Waals surface area (Å²) in [4.78, 5) is 19.0. The van der Waals surface area contributed by atoms with Crippen molar-refractivity contribution in [1.29, 1.82) is 0 Å². The first-order valence-corrected chi connectivity index (χ1v) is 12.0. The highest BCUT2D eigenvalue weighted by molar-refractivity contribution is 7.99. The molecule has 0 saturated heterocycles. The first-order valence-electron chi connectivity index (χ1n) is 9.29. The van der Waals surface area contributed by atoms with E-state index in [0.29, 0.717) is 11.1 Å². The number of carbonyl (C=O) groups excluding carboxylic acids is 1. The van der Waals surface area contributed by atoms with Crippen LogP contribution in [0.1, 0.15) is 32.7 Å². The van der Waals surface area contributed by atoms with E-state index < -0.39 is 0 Å². The minimum absolute atomic E-state index is 0.0939. The number of thiophene rings is 1. The number of aromatic nitrogens is 3. The monoisotopic (exact) mass is 456 g/mol. The smallest absolute Gasteiger partial charge is 0.277 e. The lowest BCUT2D eigenvalue weighted by atomic mass is 10.0. The normalized spacial score (nSPS) is 12.1. The standard InChI is InChI=1S/C21H20N4O2S3/c1-12-6-8-15(9-7-12)18(16-5-4-10-28-16)23-17(26)11-29-21-25-24-20(27-21)19-13(2)22-14(3)30-19/h4-10,18H,11H2,1-3H3,(H,23,26). The topological polar surface area (TPSA) is 80.9 Å². The maximum atomic E-state index is 12.7. The van der Waals surface area contributed by atoms with E-state index in [0.717, 1.165) is 26.0 Å². The van der Waals surface area contributed by atoms with E-state index in [2.05, 4.69) is 44.8 Å². The van der Waals surface area contributed by atoms with E-state index in [4.69, 9.17) is 4.42 Å². The molecule has 1 aromatic carbocycles. The minimum atomic E-state index is -0.181. The third-order valence-electron chi connectivity index (χ3n) is 4.37. The molecule has 9 heteroatoms. The van der Waals surface area contributed by atoms with Gasteiger partial charge in [-0.05, 0) is 37.8 Å². The first kappa shape index (κ1) is 20.8. The average Bonchev–Trinajstić information content (AvgIpc) is 3.47. The maximum Gasteiger partial charge on any atom is 0.277 e. The largest absolute Gasteiger partial charge is 0.410 e. The molecule has 0 radical (unpaired) electrons. The van der Waals surface area contributed by atoms with Gasteiger partial charge in [-0.1, -0.05) is 47.7 Å². The summed E-state index contributed by atoms with van der Waals surface area (Å²) in [7, 11) is 0. The Balaban J connectivity index is 1.42. The zero-order valence-corrected chi connectivity index (χ0v) is 19.2. The number of amides is 1. The summed E-state index contributed by atoms with van der Waals surface area (Å²) >= 11 is 4.37. The molecule has 3 heterocycles. The molecule has 1 amide bonds. The van der Waals surface area contributed by atoms with E-state index in [1.165, 1.54) is 28.7 Å². The van der Waals surface area contributed by atoms with Gasteiger partial charge in [-0.2, -0.15) is 0 Å². The molecule has 6 nitrogen and oxygen atoms in total. The molecule has 30 heavy (non-hydrogen) atoms. The van der Waals surface area contributed by atoms with E-state index in [1.807, 2.05) is 38.3 Å². The molecule has 1 N–H and O–H groups in total. The Kier molecular flexibility index (Phi) is 6.31. The zero-order valence-electron chi connectivity index (χ0n) is 16.7. The molecule has 0 fully saturated rings. The van der Waals surface area contributed by atoms with Gasteiger partial charge < -0.3 is 9.73 Å². The van der Waals surface area contributed by atoms with Crippen LogP contribution in [0.4, 0.5) is 0 Å². The highest BCUT2D eigenvalue weighted by Crippen LogP contribution is 2.31. The fraction of sp³-hybridized carbons (Fsp3) is 0.238. The molecule has 1 atom stereocenters. The van der Waals surface area contributed by atoms with E-state index in [-0.39, 0.29) is 17.7 Å². The van der Waals surface area contributed by atoms with Crippen molar-refractivity contribution in [2.75, 3.05) is 5.75 Å². The van der Waals surface area contributed by atoms with Crippen molar-refractivity contribution in [3.63, 3.8) is 0 Å². The van der Waals surface area contributed by atoms with E-state index in [1.54, 1.807) is 11.3 Å². The zero-order chi connectivity index (χ0) is 21.1. The molecule has 0 spiro atoms. The summed E-state index contributed by atoms with van der Waals surface area (Å²) in [6.07, 6.45) is 0. The van der Waals surface area contributed by atoms with Crippen molar-refractivity contribution in [3.05, 3.63) is 68.5 Å². The number of hydrogen-bond acceptors (Lipinski definition) is 8. The second-order valence-electron chi connectivity index (χ2n) is 6.74. The number of nitrogens with zero attached hydrogens (tertiary/aromatic N) is 3. The number of aryl methyl sites for hydroxylation is 3. The number of rotatable bonds is 7. The lowest BCUT2D eigenvalue weighted by Gasteiger charge is -2.18. The molecule has 1 unspecified atom stereocenters. The van der Waals surface area contributed by atoms with Gasteiger partial charge in [0.25, 0.3) is 11.1 Å². The fourth-order valence-electron chi connectivity index (χ4n) is 2.95. The van der Waals surface area contributed by atoms with Crippen LogP contribution in [0.5, 0.6) is 0 Å². The van der Waals surface area contributed by atoms with Crippen molar-refractivity contribution in [3.8, 4) is 10.8 Å². The molecular formula is C21H20N4O2S3. The average molecular weight is 457 g/mol. The van der Waals surface area contributed by atoms with Crippen molar-refractivity contribution >= 4 is 40.3 Å². The second kappa shape index (κ2) is 9.11. The number of nitrogens with one attached hydrogen (secondary N) is 1. The summed E-state index contributed by atoms with van der Waals surface area (Å²) in [5.41, 5.74) is 3.11. The summed E-state index contributed by atoms with van der Waals surface area (Å²) < 4.78 is 5.72. The van der Waals surface area contributed by atoms with Gasteiger partial charge in [-0.15, -0.1) is 32.9 Å². The lowest BCUT2D eigenvalue weighted by Crippen LogP contribution is -2.30. The Morgan fingerprint density at radius 2 is 1.97 bits per heavy atom. The Labute approximate surface area is 186 Å². The van der Waals surface area contributed by atoms with Crippen LogP contribution in [-0.2, 0) is 4.79 Å². The lowest BCUT2D eigenvalue weighted by molar-refractivity contribution is -0.119. The van der Waals surface area contributed by atoms with Crippen molar-refractivity contribution in [2.45, 2.75) is 32.0 Å². The predicted molar refractivity (Wildman–Crippen MR) is 121 cm³/mol. The van der Waals surface area contributed by atoms with E-state index >= 15 is 0 Å². The van der Waals surface area contributed by atoms with Gasteiger partial charge in [0.2, 0.25) is 5.91 Å². The summed E-state index contributed by atoms with van der Waals surface area (Å²) in [6.45, 7) is 5.90. The SMILES string of the molecule is Cc1ccc(C(NC(=O)CSc2nnc(-c3sc(C)nc3C)o2)c2cccs2)cc1. The summed E-state index contributed by atoms with van der Waals surface area (Å²) in [5, 5.41) is 14.6. The molecule has 4 rings (SSSR count). The molecular weight excluding hydrogens is 436 g/mol. The molecule has 0 saturated carbocycles. The number of thiazole rings is 1. The predicted octanol–water partition coefficient (Wildman–Crippen LogP) is 5.18. The van der Waals surface area contributed by atoms with Crippen LogP contribution in [-0.4, -0.2) is 26.8 Å². The van der Waals surface area contributed by atoms with Crippen LogP contribution < -0.4 is 5.32 Å². The van der Waals surface area contributed by atoms with Gasteiger partial charge in [-0.25, -0.2) is 4.98 Å². The Hall–Kier alpha value is -2.49. The Morgan fingerprint density at radius 1 is 1.17 bits per heavy atom. The van der Waals surface area contributed by atoms with Crippen molar-refractivity contribution in [2.24, 2.45) is 0 Å². The third kappa shape index (κ3) is 4.80. The molecule has 3 aromatic heterocycles. The van der Waals surface area contributed by atoms with Crippen LogP contribution in [0.15, 0.2) is 51.4 Å². The third-order valence-corrected chi connectivity index (χ3v) is 7.19. The van der Waals surface area contributed by atoms with Crippen molar-refractivity contribution in [1.82, 2.24) is 20.5 Å². The molecule has 4 aromatic rings. The van der Waals surface area contributed by atoms with E-state index in [9.17, 15) is 4.79 Å². The van der Waals surface area contributed by atoms with Crippen LogP contribution in [0.25, 0.3) is 10.8 Å². The van der Waals surface area contributed by atoms with Crippen LogP contribution in [0.3, 0.4) is 0 Å². The Morgan fingerprint density at radius 3 is 2.63 bits per heavy atom. The number of hydrogen-bond donors (Lipinski definition) is 1. The number of carbonyl (C=O) groups is 1. The number of benzene rings is 1. The second-order valence-corrected chi connectivity index (χ2v) is 9.84. The van der Waals surface area contributed by atoms with Gasteiger partial charge in [0, 0.05) is 4.88 Å². The van der Waals surface area contributed by atoms with Crippen LogP contribution in [0, 0.1) is 20.8 Å². The summed E-state index contributed by atoms with van der Waals surface area (Å²) in [5.74, 6) is 0.538. The Bertz CT molecular complexity index is 1130. The fourth-order valence-corrected chi connectivity index (χ4v) is 5.17. The van der Waals surface area contributed by atoms with Crippen LogP contribution >= 0.6 is 34.4 Å². The maximum absolute atomic E-state index is 12.7. The molecule has 154 valence electrons. The van der Waals surface area contributed by atoms with Gasteiger partial charge >= 0.3 is 0 Å². The first-order chi connectivity index (χ1) is 14.5. The van der Waals surface area contributed by atoms with Crippen LogP contribution in [0.2, 0.25) is 0 Å². The summed E-state index contributed by atoms with van der Waals surface area (Å²) in [6, 6.07) is 12.1. The number of thioether (sulfide) groups is 1. The molecule has 0 aliphatic heterocycles. The van der Waals surface area contributed by atoms with Gasteiger partial charge in [-0.3, -0.25) is 4.79 Å².